The highest BCUT2D eigenvalue weighted by molar-refractivity contribution is 5.28. The second-order valence-corrected chi connectivity index (χ2v) is 4.40. The zero-order chi connectivity index (χ0) is 14.2. The largest absolute Gasteiger partial charge is 0.487 e. The van der Waals surface area contributed by atoms with Crippen LogP contribution in [0.3, 0.4) is 0 Å². The summed E-state index contributed by atoms with van der Waals surface area (Å²) in [4.78, 5) is 0. The van der Waals surface area contributed by atoms with Crippen molar-refractivity contribution < 1.29 is 14.1 Å². The molecule has 0 amide bonds. The predicted octanol–water partition coefficient (Wildman–Crippen LogP) is 1.69. The molecule has 1 aromatic carbocycles. The van der Waals surface area contributed by atoms with Crippen LogP contribution in [0.4, 0.5) is 0 Å². The van der Waals surface area contributed by atoms with Crippen LogP contribution in [0.5, 0.6) is 5.75 Å². The first-order valence-corrected chi connectivity index (χ1v) is 6.49. The Hall–Kier alpha value is -1.92. The van der Waals surface area contributed by atoms with Gasteiger partial charge in [-0.2, -0.15) is 0 Å². The van der Waals surface area contributed by atoms with E-state index in [2.05, 4.69) is 26.3 Å². The van der Waals surface area contributed by atoms with Gasteiger partial charge in [0.25, 0.3) is 0 Å². The first-order chi connectivity index (χ1) is 9.79. The molecule has 0 aliphatic rings. The molecular weight excluding hydrogens is 258 g/mol. The Morgan fingerprint density at radius 1 is 1.30 bits per heavy atom. The number of benzene rings is 1. The highest BCUT2D eigenvalue weighted by Crippen LogP contribution is 2.15. The smallest absolute Gasteiger partial charge is 0.145 e. The lowest BCUT2D eigenvalue weighted by Crippen LogP contribution is -2.18. The topological polar surface area (TPSA) is 69.4 Å². The molecule has 108 valence electrons. The van der Waals surface area contributed by atoms with Crippen molar-refractivity contribution in [3.63, 3.8) is 0 Å². The number of methoxy groups -OCH3 is 1. The van der Waals surface area contributed by atoms with Gasteiger partial charge in [-0.05, 0) is 24.6 Å². The minimum atomic E-state index is 0.357. The number of nitrogens with one attached hydrogen (secondary N) is 1. The number of nitrogens with zero attached hydrogens (tertiary/aromatic N) is 2. The van der Waals surface area contributed by atoms with Crippen LogP contribution in [0.15, 0.2) is 28.9 Å². The molecule has 20 heavy (non-hydrogen) atoms. The van der Waals surface area contributed by atoms with Gasteiger partial charge >= 0.3 is 0 Å². The number of aryl methyl sites for hydroxylation is 1. The lowest BCUT2D eigenvalue weighted by molar-refractivity contribution is 0.199. The van der Waals surface area contributed by atoms with Crippen molar-refractivity contribution in [1.82, 2.24) is 15.6 Å². The molecule has 0 spiro atoms. The van der Waals surface area contributed by atoms with E-state index in [4.69, 9.17) is 9.47 Å². The van der Waals surface area contributed by atoms with Gasteiger partial charge in [0, 0.05) is 20.2 Å². The maximum atomic E-state index is 5.68. The molecule has 1 heterocycles. The molecule has 0 aliphatic carbocycles. The number of hydrogen-bond donors (Lipinski definition) is 1. The second kappa shape index (κ2) is 7.62. The summed E-state index contributed by atoms with van der Waals surface area (Å²) >= 11 is 0. The summed E-state index contributed by atoms with van der Waals surface area (Å²) in [6.07, 6.45) is 0. The van der Waals surface area contributed by atoms with Crippen LogP contribution in [0.25, 0.3) is 0 Å². The van der Waals surface area contributed by atoms with Gasteiger partial charge in [-0.1, -0.05) is 22.4 Å². The van der Waals surface area contributed by atoms with E-state index >= 15 is 0 Å². The van der Waals surface area contributed by atoms with Crippen molar-refractivity contribution in [2.75, 3.05) is 20.3 Å². The Morgan fingerprint density at radius 2 is 2.20 bits per heavy atom. The minimum absolute atomic E-state index is 0.357. The molecule has 2 rings (SSSR count). The van der Waals surface area contributed by atoms with Crippen molar-refractivity contribution in [3.8, 4) is 5.75 Å². The number of hydrogen-bond acceptors (Lipinski definition) is 6. The molecule has 0 saturated carbocycles. The summed E-state index contributed by atoms with van der Waals surface area (Å²) in [7, 11) is 1.69. The van der Waals surface area contributed by atoms with Crippen molar-refractivity contribution in [3.05, 3.63) is 41.2 Å². The van der Waals surface area contributed by atoms with E-state index < -0.39 is 0 Å². The van der Waals surface area contributed by atoms with E-state index in [1.165, 1.54) is 0 Å². The van der Waals surface area contributed by atoms with E-state index in [0.717, 1.165) is 30.1 Å². The van der Waals surface area contributed by atoms with Gasteiger partial charge in [0.2, 0.25) is 0 Å². The molecule has 6 nitrogen and oxygen atoms in total. The zero-order valence-corrected chi connectivity index (χ0v) is 11.8. The van der Waals surface area contributed by atoms with E-state index in [-0.39, 0.29) is 0 Å². The first kappa shape index (κ1) is 14.5. The van der Waals surface area contributed by atoms with Crippen molar-refractivity contribution >= 4 is 0 Å². The number of ether oxygens (including phenoxy) is 2. The third-order valence-corrected chi connectivity index (χ3v) is 2.83. The Balaban J connectivity index is 1.84. The highest BCUT2D eigenvalue weighted by Gasteiger charge is 2.06. The molecular formula is C14H19N3O3. The van der Waals surface area contributed by atoms with Gasteiger partial charge in [0.05, 0.1) is 6.61 Å². The van der Waals surface area contributed by atoms with E-state index in [9.17, 15) is 0 Å². The summed E-state index contributed by atoms with van der Waals surface area (Å²) < 4.78 is 15.3. The van der Waals surface area contributed by atoms with Crippen LogP contribution in [-0.2, 0) is 17.9 Å². The third-order valence-electron chi connectivity index (χ3n) is 2.83. The second-order valence-electron chi connectivity index (χ2n) is 4.40. The zero-order valence-electron chi connectivity index (χ0n) is 11.8. The molecule has 0 bridgehead atoms. The average molecular weight is 277 g/mol. The molecule has 0 unspecified atom stereocenters. The summed E-state index contributed by atoms with van der Waals surface area (Å²) in [6, 6.07) is 7.94. The van der Waals surface area contributed by atoms with E-state index in [0.29, 0.717) is 18.9 Å². The van der Waals surface area contributed by atoms with Gasteiger partial charge in [0.15, 0.2) is 0 Å². The van der Waals surface area contributed by atoms with Gasteiger partial charge in [-0.15, -0.1) is 0 Å². The SMILES string of the molecule is COCCNCc1cccc(OCc2nonc2C)c1. The van der Waals surface area contributed by atoms with Crippen LogP contribution in [-0.4, -0.2) is 30.6 Å². The van der Waals surface area contributed by atoms with Gasteiger partial charge in [-0.25, -0.2) is 4.63 Å². The molecule has 6 heteroatoms. The standard InChI is InChI=1S/C14H19N3O3/c1-11-14(17-20-16-11)10-19-13-5-3-4-12(8-13)9-15-6-7-18-2/h3-5,8,15H,6-7,9-10H2,1-2H3. The normalized spacial score (nSPS) is 10.7. The Morgan fingerprint density at radius 3 is 2.95 bits per heavy atom. The lowest BCUT2D eigenvalue weighted by Gasteiger charge is -2.08. The summed E-state index contributed by atoms with van der Waals surface area (Å²) in [6.45, 7) is 4.51. The van der Waals surface area contributed by atoms with Crippen molar-refractivity contribution in [2.45, 2.75) is 20.1 Å². The third kappa shape index (κ3) is 4.32. The van der Waals surface area contributed by atoms with Crippen LogP contribution in [0, 0.1) is 6.92 Å². The van der Waals surface area contributed by atoms with Crippen LogP contribution in [0.2, 0.25) is 0 Å². The highest BCUT2D eigenvalue weighted by atomic mass is 16.6. The Labute approximate surface area is 118 Å². The summed E-state index contributed by atoms with van der Waals surface area (Å²) in [5, 5.41) is 10.8. The molecule has 0 saturated heterocycles. The quantitative estimate of drug-likeness (QED) is 0.741. The molecule has 0 aliphatic heterocycles. The maximum absolute atomic E-state index is 5.68. The Bertz CT molecular complexity index is 528. The minimum Gasteiger partial charge on any atom is -0.487 e. The fraction of sp³-hybridized carbons (Fsp3) is 0.429. The average Bonchev–Trinajstić information content (AvgIpc) is 2.87. The molecule has 0 radical (unpaired) electrons. The lowest BCUT2D eigenvalue weighted by atomic mass is 10.2. The molecule has 0 atom stereocenters. The van der Waals surface area contributed by atoms with Gasteiger partial charge in [-0.3, -0.25) is 0 Å². The fourth-order valence-electron chi connectivity index (χ4n) is 1.68. The van der Waals surface area contributed by atoms with Crippen molar-refractivity contribution in [1.29, 1.82) is 0 Å². The predicted molar refractivity (Wildman–Crippen MR) is 73.4 cm³/mol. The maximum Gasteiger partial charge on any atom is 0.145 e. The number of aromatic nitrogens is 2. The summed E-state index contributed by atoms with van der Waals surface area (Å²) in [5.41, 5.74) is 2.63. The Kier molecular flexibility index (Phi) is 5.52. The van der Waals surface area contributed by atoms with Crippen LogP contribution in [0.1, 0.15) is 17.0 Å². The van der Waals surface area contributed by atoms with Crippen molar-refractivity contribution in [2.24, 2.45) is 0 Å². The molecule has 2 aromatic rings. The van der Waals surface area contributed by atoms with Crippen LogP contribution >= 0.6 is 0 Å². The van der Waals surface area contributed by atoms with Gasteiger partial charge < -0.3 is 14.8 Å². The van der Waals surface area contributed by atoms with E-state index in [1.807, 2.05) is 25.1 Å². The summed E-state index contributed by atoms with van der Waals surface area (Å²) in [5.74, 6) is 0.804. The van der Waals surface area contributed by atoms with E-state index in [1.54, 1.807) is 7.11 Å². The monoisotopic (exact) mass is 277 g/mol. The van der Waals surface area contributed by atoms with Gasteiger partial charge in [0.1, 0.15) is 23.7 Å². The fourth-order valence-corrected chi connectivity index (χ4v) is 1.68. The number of rotatable bonds is 8. The molecule has 1 aromatic heterocycles. The van der Waals surface area contributed by atoms with Crippen LogP contribution < -0.4 is 10.1 Å². The first-order valence-electron chi connectivity index (χ1n) is 6.49. The molecule has 1 N–H and O–H groups in total. The molecule has 0 fully saturated rings.